The van der Waals surface area contributed by atoms with Gasteiger partial charge in [0.15, 0.2) is 0 Å². The predicted molar refractivity (Wildman–Crippen MR) is 51.4 cm³/mol. The zero-order valence-electron chi connectivity index (χ0n) is 8.77. The van der Waals surface area contributed by atoms with Crippen molar-refractivity contribution in [2.45, 2.75) is 31.5 Å². The molecule has 1 rings (SSSR count). The summed E-state index contributed by atoms with van der Waals surface area (Å²) < 4.78 is 61.2. The zero-order chi connectivity index (χ0) is 13.1. The average Bonchev–Trinajstić information content (AvgIpc) is 2.18. The van der Waals surface area contributed by atoms with Gasteiger partial charge < -0.3 is 5.11 Å². The molecule has 0 aliphatic heterocycles. The van der Waals surface area contributed by atoms with Crippen LogP contribution in [0.25, 0.3) is 0 Å². The maximum atomic E-state index is 13.1. The normalized spacial score (nSPS) is 13.8. The summed E-state index contributed by atoms with van der Waals surface area (Å²) in [7, 11) is 0. The SMILES string of the molecule is OC(CCC(F)(F)F)Cc1ccc(F)cc1F. The summed E-state index contributed by atoms with van der Waals surface area (Å²) in [4.78, 5) is 0. The molecule has 0 saturated heterocycles. The van der Waals surface area contributed by atoms with Crippen molar-refractivity contribution in [1.82, 2.24) is 0 Å². The predicted octanol–water partition coefficient (Wildman–Crippen LogP) is 3.21. The van der Waals surface area contributed by atoms with E-state index in [1.54, 1.807) is 0 Å². The maximum absolute atomic E-state index is 13.1. The van der Waals surface area contributed by atoms with E-state index >= 15 is 0 Å². The highest BCUT2D eigenvalue weighted by atomic mass is 19.4. The molecule has 0 aromatic heterocycles. The summed E-state index contributed by atoms with van der Waals surface area (Å²) in [5.74, 6) is -1.63. The Morgan fingerprint density at radius 2 is 1.82 bits per heavy atom. The largest absolute Gasteiger partial charge is 0.393 e. The summed E-state index contributed by atoms with van der Waals surface area (Å²) >= 11 is 0. The van der Waals surface area contributed by atoms with Gasteiger partial charge in [0.2, 0.25) is 0 Å². The van der Waals surface area contributed by atoms with Crippen molar-refractivity contribution in [3.63, 3.8) is 0 Å². The molecule has 0 fully saturated rings. The zero-order valence-corrected chi connectivity index (χ0v) is 8.77. The molecule has 1 aromatic carbocycles. The minimum absolute atomic E-state index is 0.000995. The van der Waals surface area contributed by atoms with Crippen LogP contribution in [0.1, 0.15) is 18.4 Å². The highest BCUT2D eigenvalue weighted by molar-refractivity contribution is 5.19. The summed E-state index contributed by atoms with van der Waals surface area (Å²) in [6, 6.07) is 2.74. The highest BCUT2D eigenvalue weighted by Crippen LogP contribution is 2.23. The van der Waals surface area contributed by atoms with E-state index in [4.69, 9.17) is 0 Å². The Kier molecular flexibility index (Phi) is 4.45. The molecule has 1 N–H and O–H groups in total. The molecule has 96 valence electrons. The van der Waals surface area contributed by atoms with Gasteiger partial charge in [0.25, 0.3) is 0 Å². The second-order valence-corrected chi connectivity index (χ2v) is 3.75. The lowest BCUT2D eigenvalue weighted by Gasteiger charge is -2.12. The number of rotatable bonds is 4. The smallest absolute Gasteiger partial charge is 0.389 e. The van der Waals surface area contributed by atoms with Crippen molar-refractivity contribution < 1.29 is 27.1 Å². The lowest BCUT2D eigenvalue weighted by Crippen LogP contribution is -2.17. The highest BCUT2D eigenvalue weighted by Gasteiger charge is 2.28. The van der Waals surface area contributed by atoms with E-state index in [2.05, 4.69) is 0 Å². The van der Waals surface area contributed by atoms with Crippen molar-refractivity contribution in [2.24, 2.45) is 0 Å². The van der Waals surface area contributed by atoms with Crippen LogP contribution >= 0.6 is 0 Å². The summed E-state index contributed by atoms with van der Waals surface area (Å²) in [6.45, 7) is 0. The van der Waals surface area contributed by atoms with Crippen LogP contribution in [0.4, 0.5) is 22.0 Å². The molecule has 1 nitrogen and oxygen atoms in total. The van der Waals surface area contributed by atoms with Gasteiger partial charge in [-0.3, -0.25) is 0 Å². The number of aliphatic hydroxyl groups is 1. The third-order valence-electron chi connectivity index (χ3n) is 2.23. The number of aliphatic hydroxyl groups excluding tert-OH is 1. The van der Waals surface area contributed by atoms with Crippen molar-refractivity contribution >= 4 is 0 Å². The Morgan fingerprint density at radius 3 is 2.35 bits per heavy atom. The maximum Gasteiger partial charge on any atom is 0.389 e. The van der Waals surface area contributed by atoms with Crippen LogP contribution in [0.3, 0.4) is 0 Å². The Morgan fingerprint density at radius 1 is 1.18 bits per heavy atom. The first-order valence-electron chi connectivity index (χ1n) is 4.96. The number of hydrogen-bond acceptors (Lipinski definition) is 1. The molecular formula is C11H11F5O. The number of alkyl halides is 3. The quantitative estimate of drug-likeness (QED) is 0.818. The molecule has 0 aliphatic carbocycles. The van der Waals surface area contributed by atoms with Crippen LogP contribution in [0.15, 0.2) is 18.2 Å². The van der Waals surface area contributed by atoms with Gasteiger partial charge in [0.1, 0.15) is 11.6 Å². The van der Waals surface area contributed by atoms with Crippen LogP contribution in [0.2, 0.25) is 0 Å². The van der Waals surface area contributed by atoms with Gasteiger partial charge in [-0.15, -0.1) is 0 Å². The molecule has 1 aromatic rings. The van der Waals surface area contributed by atoms with E-state index in [1.807, 2.05) is 0 Å². The minimum atomic E-state index is -4.34. The number of benzene rings is 1. The third-order valence-corrected chi connectivity index (χ3v) is 2.23. The first-order chi connectivity index (χ1) is 7.78. The lowest BCUT2D eigenvalue weighted by molar-refractivity contribution is -0.139. The molecule has 6 heteroatoms. The van der Waals surface area contributed by atoms with Gasteiger partial charge >= 0.3 is 6.18 Å². The van der Waals surface area contributed by atoms with Crippen LogP contribution in [-0.2, 0) is 6.42 Å². The topological polar surface area (TPSA) is 20.2 Å². The van der Waals surface area contributed by atoms with E-state index in [1.165, 1.54) is 0 Å². The molecule has 0 aliphatic rings. The molecule has 1 unspecified atom stereocenters. The van der Waals surface area contributed by atoms with Crippen LogP contribution in [-0.4, -0.2) is 17.4 Å². The molecule has 0 heterocycles. The summed E-state index contributed by atoms with van der Waals surface area (Å²) in [5, 5.41) is 9.30. The fourth-order valence-electron chi connectivity index (χ4n) is 1.37. The molecule has 0 bridgehead atoms. The average molecular weight is 254 g/mol. The van der Waals surface area contributed by atoms with E-state index in [9.17, 15) is 27.1 Å². The number of hydrogen-bond donors (Lipinski definition) is 1. The fourth-order valence-corrected chi connectivity index (χ4v) is 1.37. The summed E-state index contributed by atoms with van der Waals surface area (Å²) in [6.07, 6.45) is -7.53. The van der Waals surface area contributed by atoms with Gasteiger partial charge in [-0.2, -0.15) is 13.2 Å². The van der Waals surface area contributed by atoms with Gasteiger partial charge in [-0.1, -0.05) is 6.07 Å². The molecule has 0 spiro atoms. The van der Waals surface area contributed by atoms with Gasteiger partial charge in [-0.25, -0.2) is 8.78 Å². The van der Waals surface area contributed by atoms with Crippen LogP contribution in [0, 0.1) is 11.6 Å². The van der Waals surface area contributed by atoms with Gasteiger partial charge in [0, 0.05) is 18.9 Å². The van der Waals surface area contributed by atoms with Crippen molar-refractivity contribution in [3.8, 4) is 0 Å². The molecule has 17 heavy (non-hydrogen) atoms. The molecule has 0 saturated carbocycles. The second kappa shape index (κ2) is 5.44. The third kappa shape index (κ3) is 5.12. The Balaban J connectivity index is 2.53. The molecule has 1 atom stereocenters. The first kappa shape index (κ1) is 13.9. The fraction of sp³-hybridized carbons (Fsp3) is 0.455. The van der Waals surface area contributed by atoms with E-state index in [-0.39, 0.29) is 12.0 Å². The molecule has 0 amide bonds. The van der Waals surface area contributed by atoms with Gasteiger partial charge in [0.05, 0.1) is 6.10 Å². The Bertz CT molecular complexity index is 375. The molecular weight excluding hydrogens is 243 g/mol. The lowest BCUT2D eigenvalue weighted by atomic mass is 10.0. The number of halogens is 5. The Labute approximate surface area is 94.9 Å². The van der Waals surface area contributed by atoms with Crippen LogP contribution in [0.5, 0.6) is 0 Å². The Hall–Kier alpha value is -1.17. The van der Waals surface area contributed by atoms with Crippen molar-refractivity contribution in [3.05, 3.63) is 35.4 Å². The monoisotopic (exact) mass is 254 g/mol. The van der Waals surface area contributed by atoms with E-state index < -0.39 is 36.8 Å². The van der Waals surface area contributed by atoms with Crippen LogP contribution < -0.4 is 0 Å². The molecule has 0 radical (unpaired) electrons. The van der Waals surface area contributed by atoms with Crippen molar-refractivity contribution in [1.29, 1.82) is 0 Å². The van der Waals surface area contributed by atoms with E-state index in [0.717, 1.165) is 12.1 Å². The van der Waals surface area contributed by atoms with Gasteiger partial charge in [-0.05, 0) is 18.1 Å². The standard InChI is InChI=1S/C11H11F5O/c12-8-2-1-7(10(13)6-8)5-9(17)3-4-11(14,15)16/h1-2,6,9,17H,3-5H2. The second-order valence-electron chi connectivity index (χ2n) is 3.75. The first-order valence-corrected chi connectivity index (χ1v) is 4.96. The minimum Gasteiger partial charge on any atom is -0.393 e. The summed E-state index contributed by atoms with van der Waals surface area (Å²) in [5.41, 5.74) is 0.000995. The van der Waals surface area contributed by atoms with E-state index in [0.29, 0.717) is 6.07 Å². The van der Waals surface area contributed by atoms with Crippen molar-refractivity contribution in [2.75, 3.05) is 0 Å².